The van der Waals surface area contributed by atoms with Crippen LogP contribution in [0.5, 0.6) is 0 Å². The SMILES string of the molecule is ClN1CCN(Cl)CCN(Cl)CC1.[Ru]. The van der Waals surface area contributed by atoms with Crippen LogP contribution in [0.4, 0.5) is 0 Å². The van der Waals surface area contributed by atoms with E-state index in [4.69, 9.17) is 35.3 Å². The van der Waals surface area contributed by atoms with Gasteiger partial charge in [-0.2, -0.15) is 0 Å². The molecule has 1 aliphatic rings. The van der Waals surface area contributed by atoms with Gasteiger partial charge in [-0.05, 0) is 35.3 Å². The van der Waals surface area contributed by atoms with Crippen molar-refractivity contribution in [3.05, 3.63) is 0 Å². The summed E-state index contributed by atoms with van der Waals surface area (Å²) in [6.45, 7) is 4.64. The standard InChI is InChI=1S/C6H12Cl3N3.Ru/c7-10-1-2-11(8)5-6-12(9)4-3-10;/h1-6H2;. The first kappa shape index (κ1) is 14.4. The molecule has 0 aromatic rings. The van der Waals surface area contributed by atoms with Crippen LogP contribution in [0.3, 0.4) is 0 Å². The Morgan fingerprint density at radius 2 is 0.692 bits per heavy atom. The third-order valence-electron chi connectivity index (χ3n) is 1.76. The first-order valence-corrected chi connectivity index (χ1v) is 4.92. The zero-order chi connectivity index (χ0) is 8.97. The van der Waals surface area contributed by atoms with Gasteiger partial charge in [0.15, 0.2) is 0 Å². The Labute approximate surface area is 107 Å². The molecule has 0 aromatic heterocycles. The minimum absolute atomic E-state index is 0. The van der Waals surface area contributed by atoms with Crippen LogP contribution in [0.15, 0.2) is 0 Å². The van der Waals surface area contributed by atoms with Crippen LogP contribution >= 0.6 is 35.3 Å². The Hall–Kier alpha value is 1.37. The molecule has 0 spiro atoms. The van der Waals surface area contributed by atoms with Crippen LogP contribution in [-0.2, 0) is 19.5 Å². The average Bonchev–Trinajstić information content (AvgIpc) is 2.11. The average molecular weight is 334 g/mol. The summed E-state index contributed by atoms with van der Waals surface area (Å²) in [6, 6.07) is 0. The molecule has 1 aliphatic heterocycles. The fraction of sp³-hybridized carbons (Fsp3) is 1.00. The Kier molecular flexibility index (Phi) is 8.44. The largest absolute Gasteiger partial charge is 0.218 e. The number of rotatable bonds is 0. The molecule has 80 valence electrons. The smallest absolute Gasteiger partial charge is 0.0280 e. The molecule has 1 fully saturated rings. The molecule has 13 heavy (non-hydrogen) atoms. The van der Waals surface area contributed by atoms with Crippen molar-refractivity contribution < 1.29 is 19.5 Å². The first-order chi connectivity index (χ1) is 5.68. The van der Waals surface area contributed by atoms with Crippen molar-refractivity contribution in [1.29, 1.82) is 0 Å². The quantitative estimate of drug-likeness (QED) is 0.490. The van der Waals surface area contributed by atoms with E-state index in [0.717, 1.165) is 39.3 Å². The van der Waals surface area contributed by atoms with Crippen LogP contribution in [0.25, 0.3) is 0 Å². The molecule has 0 bridgehead atoms. The van der Waals surface area contributed by atoms with Crippen LogP contribution in [0, 0.1) is 0 Å². The van der Waals surface area contributed by atoms with Gasteiger partial charge in [-0.15, -0.1) is 0 Å². The van der Waals surface area contributed by atoms with Crippen molar-refractivity contribution in [3.8, 4) is 0 Å². The summed E-state index contributed by atoms with van der Waals surface area (Å²) in [4.78, 5) is 0. The van der Waals surface area contributed by atoms with E-state index in [0.29, 0.717) is 0 Å². The van der Waals surface area contributed by atoms with Gasteiger partial charge >= 0.3 is 0 Å². The normalized spacial score (nSPS) is 24.2. The predicted molar refractivity (Wildman–Crippen MR) is 52.3 cm³/mol. The van der Waals surface area contributed by atoms with E-state index < -0.39 is 0 Å². The molecule has 1 saturated heterocycles. The number of halogens is 3. The topological polar surface area (TPSA) is 9.72 Å². The van der Waals surface area contributed by atoms with Gasteiger partial charge in [0.05, 0.1) is 0 Å². The van der Waals surface area contributed by atoms with E-state index in [1.54, 1.807) is 13.3 Å². The van der Waals surface area contributed by atoms with E-state index in [1.165, 1.54) is 0 Å². The molecule has 0 aromatic carbocycles. The van der Waals surface area contributed by atoms with E-state index >= 15 is 0 Å². The third-order valence-corrected chi connectivity index (χ3v) is 2.77. The van der Waals surface area contributed by atoms with E-state index in [1.807, 2.05) is 0 Å². The summed E-state index contributed by atoms with van der Waals surface area (Å²) in [6.07, 6.45) is 0. The van der Waals surface area contributed by atoms with Crippen molar-refractivity contribution in [2.75, 3.05) is 39.3 Å². The molecule has 0 aliphatic carbocycles. The molecule has 0 atom stereocenters. The number of hydrogen-bond acceptors (Lipinski definition) is 3. The fourth-order valence-electron chi connectivity index (χ4n) is 0.986. The van der Waals surface area contributed by atoms with Gasteiger partial charge in [-0.25, -0.2) is 13.3 Å². The summed E-state index contributed by atoms with van der Waals surface area (Å²) in [5.74, 6) is 0. The van der Waals surface area contributed by atoms with Crippen LogP contribution in [0.1, 0.15) is 0 Å². The van der Waals surface area contributed by atoms with Gasteiger partial charge in [-0.3, -0.25) is 0 Å². The van der Waals surface area contributed by atoms with Crippen molar-refractivity contribution in [2.24, 2.45) is 0 Å². The molecule has 7 heteroatoms. The summed E-state index contributed by atoms with van der Waals surface area (Å²) in [5.41, 5.74) is 0. The van der Waals surface area contributed by atoms with Gasteiger partial charge in [0.1, 0.15) is 0 Å². The maximum absolute atomic E-state index is 5.86. The Bertz CT molecular complexity index is 105. The molecular formula is C6H12Cl3N3Ru. The Balaban J connectivity index is 0.00000144. The monoisotopic (exact) mass is 333 g/mol. The van der Waals surface area contributed by atoms with Crippen molar-refractivity contribution in [1.82, 2.24) is 13.3 Å². The molecule has 1 rings (SSSR count). The van der Waals surface area contributed by atoms with Crippen molar-refractivity contribution in [2.45, 2.75) is 0 Å². The van der Waals surface area contributed by atoms with Crippen molar-refractivity contribution >= 4 is 35.3 Å². The van der Waals surface area contributed by atoms with Gasteiger partial charge in [0.2, 0.25) is 0 Å². The second-order valence-electron chi connectivity index (χ2n) is 2.73. The van der Waals surface area contributed by atoms with Gasteiger partial charge in [-0.1, -0.05) is 0 Å². The van der Waals surface area contributed by atoms with Gasteiger partial charge < -0.3 is 0 Å². The zero-order valence-electron chi connectivity index (χ0n) is 7.07. The molecule has 1 heterocycles. The molecule has 0 amide bonds. The Morgan fingerprint density at radius 3 is 0.846 bits per heavy atom. The molecule has 0 unspecified atom stereocenters. The van der Waals surface area contributed by atoms with Gasteiger partial charge in [0.25, 0.3) is 0 Å². The van der Waals surface area contributed by atoms with Crippen molar-refractivity contribution in [3.63, 3.8) is 0 Å². The molecule has 3 nitrogen and oxygen atoms in total. The van der Waals surface area contributed by atoms with Crippen LogP contribution in [-0.4, -0.2) is 52.5 Å². The second kappa shape index (κ2) is 7.64. The molecule has 0 saturated carbocycles. The maximum Gasteiger partial charge on any atom is 0.0280 e. The molecular weight excluding hydrogens is 322 g/mol. The van der Waals surface area contributed by atoms with E-state index in [9.17, 15) is 0 Å². The number of hydrogen-bond donors (Lipinski definition) is 0. The summed E-state index contributed by atoms with van der Waals surface area (Å²) >= 11 is 17.6. The third kappa shape index (κ3) is 6.45. The predicted octanol–water partition coefficient (Wildman–Crippen LogP) is 1.36. The maximum atomic E-state index is 5.86. The van der Waals surface area contributed by atoms with E-state index in [-0.39, 0.29) is 19.5 Å². The van der Waals surface area contributed by atoms with E-state index in [2.05, 4.69) is 0 Å². The minimum atomic E-state index is 0. The van der Waals surface area contributed by atoms with Crippen LogP contribution in [0.2, 0.25) is 0 Å². The van der Waals surface area contributed by atoms with Crippen LogP contribution < -0.4 is 0 Å². The Morgan fingerprint density at radius 1 is 0.538 bits per heavy atom. The summed E-state index contributed by atoms with van der Waals surface area (Å²) < 4.78 is 5.11. The second-order valence-corrected chi connectivity index (χ2v) is 4.16. The minimum Gasteiger partial charge on any atom is -0.218 e. The molecule has 0 N–H and O–H groups in total. The fourth-order valence-corrected chi connectivity index (χ4v) is 1.44. The molecule has 0 radical (unpaired) electrons. The summed E-state index contributed by atoms with van der Waals surface area (Å²) in [7, 11) is 0. The summed E-state index contributed by atoms with van der Waals surface area (Å²) in [5, 5.41) is 0. The van der Waals surface area contributed by atoms with Gasteiger partial charge in [0, 0.05) is 58.7 Å². The zero-order valence-corrected chi connectivity index (χ0v) is 11.1. The first-order valence-electron chi connectivity index (χ1n) is 3.90. The number of nitrogens with zero attached hydrogens (tertiary/aromatic N) is 3.